The van der Waals surface area contributed by atoms with Gasteiger partial charge in [0.2, 0.25) is 5.91 Å². The van der Waals surface area contributed by atoms with Crippen LogP contribution in [0.5, 0.6) is 0 Å². The van der Waals surface area contributed by atoms with Gasteiger partial charge in [0.15, 0.2) is 0 Å². The number of ether oxygens (including phenoxy) is 2. The molecule has 0 saturated carbocycles. The van der Waals surface area contributed by atoms with Crippen LogP contribution < -0.4 is 4.90 Å². The molecule has 1 aromatic rings. The summed E-state index contributed by atoms with van der Waals surface area (Å²) in [4.78, 5) is 27.5. The molecule has 25 heavy (non-hydrogen) atoms. The third kappa shape index (κ3) is 2.54. The highest BCUT2D eigenvalue weighted by Crippen LogP contribution is 2.53. The molecule has 2 fully saturated rings. The molecule has 0 radical (unpaired) electrons. The summed E-state index contributed by atoms with van der Waals surface area (Å²) < 4.78 is 12.4. The molecule has 0 unspecified atom stereocenters. The molecule has 0 N–H and O–H groups in total. The van der Waals surface area contributed by atoms with Gasteiger partial charge in [0.05, 0.1) is 30.9 Å². The molecular formula is C19H20BrNO4. The largest absolute Gasteiger partial charge is 0.465 e. The number of nitrogens with zero attached hydrogens (tertiary/aromatic N) is 1. The minimum Gasteiger partial charge on any atom is -0.465 e. The fraction of sp³-hybridized carbons (Fsp3) is 0.474. The number of hydrogen-bond acceptors (Lipinski definition) is 4. The fourth-order valence-electron chi connectivity index (χ4n) is 3.99. The molecular weight excluding hydrogens is 386 g/mol. The molecule has 0 aliphatic carbocycles. The van der Waals surface area contributed by atoms with Crippen molar-refractivity contribution in [3.63, 3.8) is 0 Å². The van der Waals surface area contributed by atoms with Gasteiger partial charge in [-0.1, -0.05) is 38.1 Å². The maximum atomic E-state index is 13.2. The Labute approximate surface area is 155 Å². The summed E-state index contributed by atoms with van der Waals surface area (Å²) in [5.41, 5.74) is 0.0736. The molecule has 3 aliphatic rings. The number of para-hydroxylation sites is 1. The van der Waals surface area contributed by atoms with Gasteiger partial charge in [0.1, 0.15) is 11.5 Å². The molecule has 132 valence electrons. The number of carbonyl (C=O) groups excluding carboxylic acids is 2. The van der Waals surface area contributed by atoms with Crippen molar-refractivity contribution in [2.24, 2.45) is 17.8 Å². The summed E-state index contributed by atoms with van der Waals surface area (Å²) in [5.74, 6) is -1.25. The minimum atomic E-state index is -0.724. The van der Waals surface area contributed by atoms with Crippen molar-refractivity contribution in [3.05, 3.63) is 40.9 Å². The van der Waals surface area contributed by atoms with Gasteiger partial charge in [-0.15, -0.1) is 0 Å². The Bertz CT molecular complexity index is 762. The van der Waals surface area contributed by atoms with Gasteiger partial charge < -0.3 is 14.4 Å². The first-order valence-electron chi connectivity index (χ1n) is 8.53. The number of carbonyl (C=O) groups is 2. The van der Waals surface area contributed by atoms with Gasteiger partial charge in [0.25, 0.3) is 0 Å². The first-order valence-corrected chi connectivity index (χ1v) is 9.32. The topological polar surface area (TPSA) is 55.8 Å². The lowest BCUT2D eigenvalue weighted by atomic mass is 9.77. The summed E-state index contributed by atoms with van der Waals surface area (Å²) in [6, 6.07) is 7.59. The maximum absolute atomic E-state index is 13.2. The van der Waals surface area contributed by atoms with Gasteiger partial charge in [0, 0.05) is 4.47 Å². The molecule has 4 rings (SSSR count). The molecule has 1 aromatic carbocycles. The van der Waals surface area contributed by atoms with Gasteiger partial charge in [-0.05, 0) is 34.0 Å². The van der Waals surface area contributed by atoms with E-state index in [0.29, 0.717) is 13.2 Å². The molecule has 6 heteroatoms. The van der Waals surface area contributed by atoms with Crippen LogP contribution in [0.15, 0.2) is 40.9 Å². The fourth-order valence-corrected chi connectivity index (χ4v) is 4.49. The third-order valence-electron chi connectivity index (χ3n) is 5.07. The van der Waals surface area contributed by atoms with Crippen molar-refractivity contribution in [2.75, 3.05) is 18.1 Å². The van der Waals surface area contributed by atoms with Crippen molar-refractivity contribution in [1.29, 1.82) is 0 Å². The number of fused-ring (bicyclic) bond motifs is 1. The van der Waals surface area contributed by atoms with Crippen LogP contribution in [-0.4, -0.2) is 36.7 Å². The highest BCUT2D eigenvalue weighted by Gasteiger charge is 2.67. The highest BCUT2D eigenvalue weighted by atomic mass is 79.9. The first kappa shape index (κ1) is 16.8. The first-order chi connectivity index (χ1) is 11.9. The molecule has 2 saturated heterocycles. The van der Waals surface area contributed by atoms with Gasteiger partial charge in [-0.25, -0.2) is 0 Å². The van der Waals surface area contributed by atoms with Gasteiger partial charge >= 0.3 is 5.97 Å². The van der Waals surface area contributed by atoms with E-state index in [1.807, 2.05) is 50.3 Å². The number of anilines is 1. The lowest BCUT2D eigenvalue weighted by Gasteiger charge is -2.23. The van der Waals surface area contributed by atoms with Crippen LogP contribution >= 0.6 is 15.9 Å². The van der Waals surface area contributed by atoms with Crippen LogP contribution in [0.1, 0.15) is 13.8 Å². The van der Waals surface area contributed by atoms with Crippen LogP contribution in [0.4, 0.5) is 5.69 Å². The Balaban J connectivity index is 1.64. The summed E-state index contributed by atoms with van der Waals surface area (Å²) in [7, 11) is 0. The molecule has 5 nitrogen and oxygen atoms in total. The average molecular weight is 406 g/mol. The number of amides is 1. The van der Waals surface area contributed by atoms with Crippen LogP contribution in [-0.2, 0) is 19.1 Å². The van der Waals surface area contributed by atoms with Crippen molar-refractivity contribution >= 4 is 33.5 Å². The predicted molar refractivity (Wildman–Crippen MR) is 96.0 cm³/mol. The zero-order chi connectivity index (χ0) is 17.8. The van der Waals surface area contributed by atoms with E-state index in [9.17, 15) is 9.59 Å². The van der Waals surface area contributed by atoms with Gasteiger partial charge in [-0.3, -0.25) is 9.59 Å². The number of benzene rings is 1. The number of halogens is 1. The summed E-state index contributed by atoms with van der Waals surface area (Å²) >= 11 is 3.50. The molecule has 3 aliphatic heterocycles. The number of esters is 1. The van der Waals surface area contributed by atoms with E-state index < -0.39 is 17.4 Å². The molecule has 4 atom stereocenters. The SMILES string of the molecule is CC(C)COC(=O)[C@H]1[C@@H]2C=C[C@]3(CN(c4ccccc4Br)C(=O)[C@H]13)O2. The number of hydrogen-bond donors (Lipinski definition) is 0. The second-order valence-corrected chi connectivity index (χ2v) is 8.15. The van der Waals surface area contributed by atoms with E-state index in [2.05, 4.69) is 15.9 Å². The zero-order valence-corrected chi connectivity index (χ0v) is 15.7. The minimum absolute atomic E-state index is 0.0785. The van der Waals surface area contributed by atoms with E-state index in [0.717, 1.165) is 10.2 Å². The standard InChI is InChI=1S/C19H20BrNO4/c1-11(2)9-24-18(23)15-14-7-8-19(25-14)10-21(17(22)16(15)19)13-6-4-3-5-12(13)20/h3-8,11,14-16H,9-10H2,1-2H3/t14-,15-,16-,19+/m0/s1. The Hall–Kier alpha value is -1.66. The lowest BCUT2D eigenvalue weighted by Crippen LogP contribution is -2.40. The second-order valence-electron chi connectivity index (χ2n) is 7.30. The summed E-state index contributed by atoms with van der Waals surface area (Å²) in [6.45, 7) is 4.75. The molecule has 2 bridgehead atoms. The smallest absolute Gasteiger partial charge is 0.312 e. The Morgan fingerprint density at radius 3 is 2.92 bits per heavy atom. The Kier molecular flexibility index (Phi) is 4.00. The Morgan fingerprint density at radius 1 is 1.44 bits per heavy atom. The van der Waals surface area contributed by atoms with E-state index in [1.54, 1.807) is 4.90 Å². The predicted octanol–water partition coefficient (Wildman–Crippen LogP) is 2.93. The molecule has 3 heterocycles. The lowest BCUT2D eigenvalue weighted by molar-refractivity contribution is -0.153. The maximum Gasteiger partial charge on any atom is 0.312 e. The van der Waals surface area contributed by atoms with Crippen LogP contribution in [0.3, 0.4) is 0 Å². The third-order valence-corrected chi connectivity index (χ3v) is 5.75. The normalized spacial score (nSPS) is 32.6. The molecule has 0 aromatic heterocycles. The van der Waals surface area contributed by atoms with E-state index >= 15 is 0 Å². The monoisotopic (exact) mass is 405 g/mol. The highest BCUT2D eigenvalue weighted by molar-refractivity contribution is 9.10. The Morgan fingerprint density at radius 2 is 2.20 bits per heavy atom. The molecule has 1 amide bonds. The molecule has 1 spiro atoms. The van der Waals surface area contributed by atoms with Crippen molar-refractivity contribution < 1.29 is 19.1 Å². The second kappa shape index (κ2) is 5.95. The zero-order valence-electron chi connectivity index (χ0n) is 14.1. The van der Waals surface area contributed by atoms with Crippen molar-refractivity contribution in [2.45, 2.75) is 25.6 Å². The van der Waals surface area contributed by atoms with Crippen molar-refractivity contribution in [1.82, 2.24) is 0 Å². The van der Waals surface area contributed by atoms with Crippen LogP contribution in [0, 0.1) is 17.8 Å². The van der Waals surface area contributed by atoms with E-state index in [-0.39, 0.29) is 23.9 Å². The number of rotatable bonds is 4. The van der Waals surface area contributed by atoms with Gasteiger partial charge in [-0.2, -0.15) is 0 Å². The summed E-state index contributed by atoms with van der Waals surface area (Å²) in [5, 5.41) is 0. The average Bonchev–Trinajstić information content (AvgIpc) is 3.21. The van der Waals surface area contributed by atoms with Crippen LogP contribution in [0.2, 0.25) is 0 Å². The van der Waals surface area contributed by atoms with E-state index in [1.165, 1.54) is 0 Å². The summed E-state index contributed by atoms with van der Waals surface area (Å²) in [6.07, 6.45) is 3.48. The van der Waals surface area contributed by atoms with Crippen molar-refractivity contribution in [3.8, 4) is 0 Å². The quantitative estimate of drug-likeness (QED) is 0.570. The van der Waals surface area contributed by atoms with E-state index in [4.69, 9.17) is 9.47 Å². The van der Waals surface area contributed by atoms with Crippen LogP contribution in [0.25, 0.3) is 0 Å².